The lowest BCUT2D eigenvalue weighted by molar-refractivity contribution is 0.944. The van der Waals surface area contributed by atoms with Crippen LogP contribution in [0.25, 0.3) is 10.9 Å². The Morgan fingerprint density at radius 3 is 2.76 bits per heavy atom. The minimum Gasteiger partial charge on any atom is -0.330 e. The van der Waals surface area contributed by atoms with E-state index in [1.165, 1.54) is 0 Å². The Labute approximate surface area is 132 Å². The molecule has 106 valence electrons. The second-order valence-electron chi connectivity index (χ2n) is 4.55. The van der Waals surface area contributed by atoms with Gasteiger partial charge in [-0.05, 0) is 36.7 Å². The second-order valence-corrected chi connectivity index (χ2v) is 5.99. The Morgan fingerprint density at radius 2 is 1.90 bits per heavy atom. The highest BCUT2D eigenvalue weighted by Crippen LogP contribution is 2.35. The number of nitrogens with zero attached hydrogens (tertiary/aromatic N) is 2. The predicted molar refractivity (Wildman–Crippen MR) is 87.9 cm³/mol. The summed E-state index contributed by atoms with van der Waals surface area (Å²) in [6.45, 7) is 0.571. The Hall–Kier alpha value is -1.62. The van der Waals surface area contributed by atoms with Gasteiger partial charge >= 0.3 is 0 Å². The monoisotopic (exact) mass is 315 g/mol. The van der Waals surface area contributed by atoms with Crippen molar-refractivity contribution in [3.05, 3.63) is 59.4 Å². The number of fused-ring (bicyclic) bond motifs is 1. The number of nitrogens with two attached hydrogens (primary N) is 1. The number of aromatic nitrogens is 2. The van der Waals surface area contributed by atoms with E-state index >= 15 is 0 Å². The fourth-order valence-electron chi connectivity index (χ4n) is 2.19. The van der Waals surface area contributed by atoms with Crippen LogP contribution in [0.15, 0.2) is 58.7 Å². The molecule has 0 spiro atoms. The molecule has 1 heterocycles. The third-order valence-electron chi connectivity index (χ3n) is 3.18. The minimum absolute atomic E-state index is 0.571. The van der Waals surface area contributed by atoms with Gasteiger partial charge in [0.2, 0.25) is 0 Å². The molecule has 0 bridgehead atoms. The molecule has 21 heavy (non-hydrogen) atoms. The average molecular weight is 316 g/mol. The maximum absolute atomic E-state index is 6.29. The van der Waals surface area contributed by atoms with Gasteiger partial charge in [-0.25, -0.2) is 9.97 Å². The van der Waals surface area contributed by atoms with Crippen molar-refractivity contribution in [2.75, 3.05) is 6.54 Å². The summed E-state index contributed by atoms with van der Waals surface area (Å²) in [5.41, 5.74) is 7.71. The van der Waals surface area contributed by atoms with E-state index in [-0.39, 0.29) is 0 Å². The van der Waals surface area contributed by atoms with E-state index in [0.717, 1.165) is 37.8 Å². The standard InChI is InChI=1S/C16H14ClN3S/c17-13-5-3-7-15(11(13)8-9-18)21-16-12-4-1-2-6-14(12)19-10-20-16/h1-7,10H,8-9,18H2. The first-order chi connectivity index (χ1) is 10.3. The fourth-order valence-corrected chi connectivity index (χ4v) is 3.58. The Kier molecular flexibility index (Phi) is 4.39. The summed E-state index contributed by atoms with van der Waals surface area (Å²) in [6, 6.07) is 13.9. The van der Waals surface area contributed by atoms with Gasteiger partial charge in [-0.1, -0.05) is 47.6 Å². The molecule has 0 unspecified atom stereocenters. The maximum Gasteiger partial charge on any atom is 0.117 e. The van der Waals surface area contributed by atoms with Gasteiger partial charge in [0.25, 0.3) is 0 Å². The molecule has 0 fully saturated rings. The van der Waals surface area contributed by atoms with Crippen molar-refractivity contribution >= 4 is 34.3 Å². The Morgan fingerprint density at radius 1 is 1.05 bits per heavy atom. The topological polar surface area (TPSA) is 51.8 Å². The van der Waals surface area contributed by atoms with Crippen LogP contribution in [0.3, 0.4) is 0 Å². The van der Waals surface area contributed by atoms with Crippen molar-refractivity contribution in [3.63, 3.8) is 0 Å². The lowest BCUT2D eigenvalue weighted by Gasteiger charge is -2.10. The molecule has 5 heteroatoms. The van der Waals surface area contributed by atoms with Crippen LogP contribution in [0.5, 0.6) is 0 Å². The minimum atomic E-state index is 0.571. The van der Waals surface area contributed by atoms with Crippen LogP contribution in [0, 0.1) is 0 Å². The van der Waals surface area contributed by atoms with Gasteiger partial charge in [0.15, 0.2) is 0 Å². The van der Waals surface area contributed by atoms with E-state index in [0.29, 0.717) is 6.54 Å². The van der Waals surface area contributed by atoms with Gasteiger partial charge in [0.1, 0.15) is 11.4 Å². The third-order valence-corrected chi connectivity index (χ3v) is 4.66. The number of para-hydroxylation sites is 1. The zero-order valence-corrected chi connectivity index (χ0v) is 12.9. The largest absolute Gasteiger partial charge is 0.330 e. The van der Waals surface area contributed by atoms with Crippen LogP contribution in [0.1, 0.15) is 5.56 Å². The predicted octanol–water partition coefficient (Wildman–Crippen LogP) is 3.94. The summed E-state index contributed by atoms with van der Waals surface area (Å²) in [4.78, 5) is 9.79. The second kappa shape index (κ2) is 6.43. The first-order valence-electron chi connectivity index (χ1n) is 6.64. The van der Waals surface area contributed by atoms with Gasteiger partial charge in [-0.15, -0.1) is 0 Å². The molecule has 3 aromatic rings. The van der Waals surface area contributed by atoms with Crippen LogP contribution in [0.2, 0.25) is 5.02 Å². The molecule has 0 aliphatic rings. The summed E-state index contributed by atoms with van der Waals surface area (Å²) in [6.07, 6.45) is 2.35. The van der Waals surface area contributed by atoms with Crippen LogP contribution in [-0.4, -0.2) is 16.5 Å². The molecule has 0 saturated heterocycles. The summed E-state index contributed by atoms with van der Waals surface area (Å²) >= 11 is 7.90. The number of hydrogen-bond donors (Lipinski definition) is 1. The first-order valence-corrected chi connectivity index (χ1v) is 7.84. The van der Waals surface area contributed by atoms with E-state index in [9.17, 15) is 0 Å². The smallest absolute Gasteiger partial charge is 0.117 e. The maximum atomic E-state index is 6.29. The van der Waals surface area contributed by atoms with Crippen molar-refractivity contribution in [2.45, 2.75) is 16.3 Å². The van der Waals surface area contributed by atoms with Gasteiger partial charge in [0.05, 0.1) is 5.52 Å². The quantitative estimate of drug-likeness (QED) is 0.741. The molecule has 0 atom stereocenters. The molecule has 0 amide bonds. The van der Waals surface area contributed by atoms with E-state index < -0.39 is 0 Å². The molecule has 3 nitrogen and oxygen atoms in total. The lowest BCUT2D eigenvalue weighted by Crippen LogP contribution is -2.04. The molecular formula is C16H14ClN3S. The molecule has 3 rings (SSSR count). The fraction of sp³-hybridized carbons (Fsp3) is 0.125. The van der Waals surface area contributed by atoms with Crippen LogP contribution >= 0.6 is 23.4 Å². The van der Waals surface area contributed by atoms with Crippen molar-refractivity contribution in [1.29, 1.82) is 0 Å². The van der Waals surface area contributed by atoms with Gasteiger partial charge in [-0.2, -0.15) is 0 Å². The van der Waals surface area contributed by atoms with Crippen molar-refractivity contribution in [2.24, 2.45) is 5.73 Å². The Balaban J connectivity index is 2.05. The molecule has 2 N–H and O–H groups in total. The highest BCUT2D eigenvalue weighted by Gasteiger charge is 2.11. The van der Waals surface area contributed by atoms with Gasteiger partial charge in [0, 0.05) is 15.3 Å². The van der Waals surface area contributed by atoms with E-state index in [1.807, 2.05) is 36.4 Å². The zero-order chi connectivity index (χ0) is 14.7. The molecule has 0 saturated carbocycles. The number of rotatable bonds is 4. The number of hydrogen-bond acceptors (Lipinski definition) is 4. The van der Waals surface area contributed by atoms with E-state index in [4.69, 9.17) is 17.3 Å². The molecule has 2 aromatic carbocycles. The molecule has 0 aliphatic heterocycles. The zero-order valence-electron chi connectivity index (χ0n) is 11.3. The van der Waals surface area contributed by atoms with Crippen molar-refractivity contribution < 1.29 is 0 Å². The molecule has 0 aliphatic carbocycles. The lowest BCUT2D eigenvalue weighted by atomic mass is 10.1. The average Bonchev–Trinajstić information content (AvgIpc) is 2.51. The number of benzene rings is 2. The van der Waals surface area contributed by atoms with Crippen LogP contribution in [0.4, 0.5) is 0 Å². The van der Waals surface area contributed by atoms with Crippen molar-refractivity contribution in [3.8, 4) is 0 Å². The van der Waals surface area contributed by atoms with Crippen LogP contribution in [-0.2, 0) is 6.42 Å². The van der Waals surface area contributed by atoms with Crippen LogP contribution < -0.4 is 5.73 Å². The highest BCUT2D eigenvalue weighted by molar-refractivity contribution is 7.99. The summed E-state index contributed by atoms with van der Waals surface area (Å²) < 4.78 is 0. The van der Waals surface area contributed by atoms with Gasteiger partial charge < -0.3 is 5.73 Å². The normalized spacial score (nSPS) is 11.0. The van der Waals surface area contributed by atoms with Crippen molar-refractivity contribution in [1.82, 2.24) is 9.97 Å². The molecular weight excluding hydrogens is 302 g/mol. The summed E-state index contributed by atoms with van der Waals surface area (Å²) in [5, 5.41) is 2.73. The third kappa shape index (κ3) is 3.02. The Bertz CT molecular complexity index is 771. The number of halogens is 1. The molecule has 0 radical (unpaired) electrons. The summed E-state index contributed by atoms with van der Waals surface area (Å²) in [7, 11) is 0. The van der Waals surface area contributed by atoms with E-state index in [2.05, 4.69) is 16.0 Å². The first kappa shape index (κ1) is 14.3. The summed E-state index contributed by atoms with van der Waals surface area (Å²) in [5.74, 6) is 0. The SMILES string of the molecule is NCCc1c(Cl)cccc1Sc1ncnc2ccccc12. The van der Waals surface area contributed by atoms with E-state index in [1.54, 1.807) is 18.1 Å². The molecule has 1 aromatic heterocycles. The highest BCUT2D eigenvalue weighted by atomic mass is 35.5. The van der Waals surface area contributed by atoms with Gasteiger partial charge in [-0.3, -0.25) is 0 Å².